The van der Waals surface area contributed by atoms with Crippen molar-refractivity contribution in [2.75, 3.05) is 17.6 Å². The first-order valence-electron chi connectivity index (χ1n) is 8.25. The van der Waals surface area contributed by atoms with Gasteiger partial charge < -0.3 is 10.5 Å². The smallest absolute Gasteiger partial charge is 0.261 e. The molecule has 0 fully saturated rings. The minimum atomic E-state index is -3.84. The number of ether oxygens (including phenoxy) is 1. The number of nitrogens with one attached hydrogen (secondary N) is 1. The number of aromatic nitrogens is 2. The summed E-state index contributed by atoms with van der Waals surface area (Å²) in [6, 6.07) is 10.3. The molecule has 11 heteroatoms. The molecule has 28 heavy (non-hydrogen) atoms. The third kappa shape index (κ3) is 3.50. The molecule has 1 heterocycles. The van der Waals surface area contributed by atoms with Gasteiger partial charge in [-0.2, -0.15) is 0 Å². The normalized spacial score (nSPS) is 12.4. The summed E-state index contributed by atoms with van der Waals surface area (Å²) in [5.41, 5.74) is 6.56. The number of rotatable bonds is 6. The van der Waals surface area contributed by atoms with E-state index in [1.54, 1.807) is 0 Å². The maximum Gasteiger partial charge on any atom is 0.261 e. The second-order valence-electron chi connectivity index (χ2n) is 6.31. The summed E-state index contributed by atoms with van der Waals surface area (Å²) >= 11 is 0. The van der Waals surface area contributed by atoms with E-state index in [9.17, 15) is 16.8 Å². The van der Waals surface area contributed by atoms with Crippen LogP contribution >= 0.6 is 0 Å². The molecule has 0 aliphatic heterocycles. The van der Waals surface area contributed by atoms with Crippen molar-refractivity contribution in [3.05, 3.63) is 42.5 Å². The molecule has 0 unspecified atom stereocenters. The van der Waals surface area contributed by atoms with Gasteiger partial charge in [-0.15, -0.1) is 0 Å². The van der Waals surface area contributed by atoms with Crippen molar-refractivity contribution >= 4 is 42.7 Å². The van der Waals surface area contributed by atoms with E-state index in [1.165, 1.54) is 63.4 Å². The fourth-order valence-electron chi connectivity index (χ4n) is 2.59. The van der Waals surface area contributed by atoms with Crippen molar-refractivity contribution in [1.82, 2.24) is 8.96 Å². The highest BCUT2D eigenvalue weighted by atomic mass is 32.2. The molecule has 0 radical (unpaired) electrons. The first kappa shape index (κ1) is 20.0. The Morgan fingerprint density at radius 2 is 1.71 bits per heavy atom. The largest absolute Gasteiger partial charge is 0.497 e. The van der Waals surface area contributed by atoms with Crippen LogP contribution in [0, 0.1) is 0 Å². The standard InChI is InChI=1S/C17H20N4O5S2/c1-11(2)28(24,25)21-16-9-4-12(10-15(16)19-17(21)18)20-27(22,23)14-7-5-13(26-3)6-8-14/h4-11,20H,1-3H3,(H2,18,19). The Kier molecular flexibility index (Phi) is 4.98. The molecule has 150 valence electrons. The third-order valence-electron chi connectivity index (χ3n) is 4.11. The van der Waals surface area contributed by atoms with E-state index in [2.05, 4.69) is 9.71 Å². The lowest BCUT2D eigenvalue weighted by Gasteiger charge is -2.11. The third-order valence-corrected chi connectivity index (χ3v) is 7.59. The van der Waals surface area contributed by atoms with Crippen LogP contribution in [-0.2, 0) is 20.0 Å². The summed E-state index contributed by atoms with van der Waals surface area (Å²) in [5.74, 6) is 0.353. The van der Waals surface area contributed by atoms with E-state index in [0.29, 0.717) is 5.75 Å². The Hall–Kier alpha value is -2.79. The van der Waals surface area contributed by atoms with E-state index < -0.39 is 25.3 Å². The highest BCUT2D eigenvalue weighted by molar-refractivity contribution is 7.92. The molecule has 0 atom stereocenters. The summed E-state index contributed by atoms with van der Waals surface area (Å²) in [7, 11) is -6.06. The van der Waals surface area contributed by atoms with E-state index >= 15 is 0 Å². The molecule has 3 aromatic rings. The summed E-state index contributed by atoms with van der Waals surface area (Å²) in [6.07, 6.45) is 0. The number of nitrogens with two attached hydrogens (primary N) is 1. The van der Waals surface area contributed by atoms with E-state index in [0.717, 1.165) is 3.97 Å². The van der Waals surface area contributed by atoms with E-state index in [4.69, 9.17) is 10.5 Å². The highest BCUT2D eigenvalue weighted by Crippen LogP contribution is 2.26. The molecule has 1 aromatic heterocycles. The van der Waals surface area contributed by atoms with Crippen molar-refractivity contribution in [3.63, 3.8) is 0 Å². The molecule has 0 aliphatic rings. The molecule has 0 saturated heterocycles. The van der Waals surface area contributed by atoms with Crippen LogP contribution in [0.4, 0.5) is 11.6 Å². The Morgan fingerprint density at radius 1 is 1.07 bits per heavy atom. The number of sulfonamides is 1. The maximum atomic E-state index is 12.6. The topological polar surface area (TPSA) is 133 Å². The number of anilines is 2. The number of nitrogens with zero attached hydrogens (tertiary/aromatic N) is 2. The van der Waals surface area contributed by atoms with Gasteiger partial charge in [0.25, 0.3) is 10.0 Å². The lowest BCUT2D eigenvalue weighted by Crippen LogP contribution is -2.23. The number of imidazole rings is 1. The first-order valence-corrected chi connectivity index (χ1v) is 11.2. The van der Waals surface area contributed by atoms with Gasteiger partial charge in [0.15, 0.2) is 0 Å². The zero-order valence-electron chi connectivity index (χ0n) is 15.4. The average Bonchev–Trinajstić information content (AvgIpc) is 2.96. The quantitative estimate of drug-likeness (QED) is 0.618. The summed E-state index contributed by atoms with van der Waals surface area (Å²) in [4.78, 5) is 4.11. The molecule has 3 rings (SSSR count). The van der Waals surface area contributed by atoms with Crippen LogP contribution in [0.3, 0.4) is 0 Å². The minimum Gasteiger partial charge on any atom is -0.497 e. The fourth-order valence-corrected chi connectivity index (χ4v) is 4.79. The number of hydrogen-bond donors (Lipinski definition) is 2. The average molecular weight is 425 g/mol. The molecule has 0 aliphatic carbocycles. The van der Waals surface area contributed by atoms with Crippen LogP contribution < -0.4 is 15.2 Å². The Bertz CT molecular complexity index is 1230. The number of hydrogen-bond acceptors (Lipinski definition) is 7. The van der Waals surface area contributed by atoms with Crippen LogP contribution in [0.1, 0.15) is 13.8 Å². The lowest BCUT2D eigenvalue weighted by molar-refractivity contribution is 0.414. The van der Waals surface area contributed by atoms with Crippen LogP contribution in [-0.4, -0.2) is 38.2 Å². The molecule has 0 bridgehead atoms. The Labute approximate surface area is 163 Å². The summed E-state index contributed by atoms with van der Waals surface area (Å²) < 4.78 is 58.6. The Balaban J connectivity index is 1.99. The summed E-state index contributed by atoms with van der Waals surface area (Å²) in [6.45, 7) is 3.08. The van der Waals surface area contributed by atoms with Gasteiger partial charge in [-0.25, -0.2) is 25.8 Å². The van der Waals surface area contributed by atoms with Crippen LogP contribution in [0.25, 0.3) is 11.0 Å². The molecular weight excluding hydrogens is 404 g/mol. The van der Waals surface area contributed by atoms with E-state index in [-0.39, 0.29) is 27.6 Å². The number of fused-ring (bicyclic) bond motifs is 1. The predicted molar refractivity (Wildman–Crippen MR) is 107 cm³/mol. The van der Waals surface area contributed by atoms with Crippen LogP contribution in [0.5, 0.6) is 5.75 Å². The molecule has 0 saturated carbocycles. The second kappa shape index (κ2) is 6.99. The molecule has 0 amide bonds. The zero-order chi connectivity index (χ0) is 20.7. The van der Waals surface area contributed by atoms with Gasteiger partial charge in [0.05, 0.1) is 34.0 Å². The molecule has 0 spiro atoms. The first-order chi connectivity index (χ1) is 13.1. The molecule has 9 nitrogen and oxygen atoms in total. The van der Waals surface area contributed by atoms with E-state index in [1.807, 2.05) is 0 Å². The van der Waals surface area contributed by atoms with Gasteiger partial charge in [-0.3, -0.25) is 4.72 Å². The van der Waals surface area contributed by atoms with Crippen LogP contribution in [0.2, 0.25) is 0 Å². The monoisotopic (exact) mass is 424 g/mol. The molecular formula is C17H20N4O5S2. The van der Waals surface area contributed by atoms with Gasteiger partial charge >= 0.3 is 0 Å². The van der Waals surface area contributed by atoms with Crippen molar-refractivity contribution in [2.24, 2.45) is 0 Å². The molecule has 2 aromatic carbocycles. The predicted octanol–water partition coefficient (Wildman–Crippen LogP) is 2.01. The van der Waals surface area contributed by atoms with Gasteiger partial charge in [0.2, 0.25) is 16.0 Å². The number of benzene rings is 2. The van der Waals surface area contributed by atoms with Gasteiger partial charge in [-0.1, -0.05) is 0 Å². The van der Waals surface area contributed by atoms with Crippen molar-refractivity contribution < 1.29 is 21.6 Å². The minimum absolute atomic E-state index is 0.0563. The lowest BCUT2D eigenvalue weighted by atomic mass is 10.3. The highest BCUT2D eigenvalue weighted by Gasteiger charge is 2.24. The van der Waals surface area contributed by atoms with Crippen molar-refractivity contribution in [2.45, 2.75) is 24.0 Å². The van der Waals surface area contributed by atoms with Gasteiger partial charge in [-0.05, 0) is 56.3 Å². The molecule has 3 N–H and O–H groups in total. The van der Waals surface area contributed by atoms with Crippen molar-refractivity contribution in [3.8, 4) is 5.75 Å². The maximum absolute atomic E-state index is 12.6. The number of nitrogen functional groups attached to an aromatic ring is 1. The summed E-state index contributed by atoms with van der Waals surface area (Å²) in [5, 5.41) is -0.694. The fraction of sp³-hybridized carbons (Fsp3) is 0.235. The SMILES string of the molecule is COc1ccc(S(=O)(=O)Nc2ccc3c(c2)nc(N)n3S(=O)(=O)C(C)C)cc1. The van der Waals surface area contributed by atoms with Gasteiger partial charge in [0, 0.05) is 0 Å². The van der Waals surface area contributed by atoms with Gasteiger partial charge in [0.1, 0.15) is 5.75 Å². The number of methoxy groups -OCH3 is 1. The second-order valence-corrected chi connectivity index (χ2v) is 10.3. The van der Waals surface area contributed by atoms with Crippen LogP contribution in [0.15, 0.2) is 47.4 Å². The zero-order valence-corrected chi connectivity index (χ0v) is 17.1. The Morgan fingerprint density at radius 3 is 2.29 bits per heavy atom. The van der Waals surface area contributed by atoms with Crippen molar-refractivity contribution in [1.29, 1.82) is 0 Å².